The fourth-order valence-electron chi connectivity index (χ4n) is 2.14. The zero-order valence-electron chi connectivity index (χ0n) is 7.01. The van der Waals surface area contributed by atoms with Crippen LogP contribution >= 0.6 is 0 Å². The summed E-state index contributed by atoms with van der Waals surface area (Å²) in [5.41, 5.74) is 0.664. The van der Waals surface area contributed by atoms with Gasteiger partial charge in [0.05, 0.1) is 6.04 Å². The van der Waals surface area contributed by atoms with Gasteiger partial charge in [-0.25, -0.2) is 4.98 Å². The van der Waals surface area contributed by atoms with E-state index in [0.29, 0.717) is 11.5 Å². The van der Waals surface area contributed by atoms with Gasteiger partial charge in [-0.05, 0) is 24.7 Å². The van der Waals surface area contributed by atoms with Crippen LogP contribution in [0.4, 0.5) is 0 Å². The van der Waals surface area contributed by atoms with Crippen molar-refractivity contribution in [2.24, 2.45) is 5.41 Å². The lowest BCUT2D eigenvalue weighted by Crippen LogP contribution is -2.14. The summed E-state index contributed by atoms with van der Waals surface area (Å²) in [6.07, 6.45) is 7.83. The van der Waals surface area contributed by atoms with Crippen LogP contribution in [-0.2, 0) is 0 Å². The molecular formula is C9H13N3. The summed E-state index contributed by atoms with van der Waals surface area (Å²) in [6.45, 7) is 1.19. The molecule has 2 aliphatic rings. The Morgan fingerprint density at radius 2 is 2.42 bits per heavy atom. The Balaban J connectivity index is 1.80. The zero-order chi connectivity index (χ0) is 8.02. The van der Waals surface area contributed by atoms with Crippen molar-refractivity contribution in [3.63, 3.8) is 0 Å². The van der Waals surface area contributed by atoms with Crippen LogP contribution < -0.4 is 5.32 Å². The van der Waals surface area contributed by atoms with Crippen molar-refractivity contribution < 1.29 is 0 Å². The van der Waals surface area contributed by atoms with Crippen LogP contribution in [-0.4, -0.2) is 16.5 Å². The van der Waals surface area contributed by atoms with Crippen LogP contribution in [0.5, 0.6) is 0 Å². The van der Waals surface area contributed by atoms with E-state index >= 15 is 0 Å². The minimum atomic E-state index is 0.488. The van der Waals surface area contributed by atoms with Crippen LogP contribution in [0.2, 0.25) is 0 Å². The van der Waals surface area contributed by atoms with Gasteiger partial charge in [0.1, 0.15) is 5.82 Å². The Bertz CT molecular complexity index is 274. The summed E-state index contributed by atoms with van der Waals surface area (Å²) in [5, 5.41) is 3.52. The summed E-state index contributed by atoms with van der Waals surface area (Å²) >= 11 is 0. The molecule has 2 N–H and O–H groups in total. The van der Waals surface area contributed by atoms with Crippen molar-refractivity contribution in [1.82, 2.24) is 15.3 Å². The van der Waals surface area contributed by atoms with Crippen LogP contribution in [0.15, 0.2) is 12.4 Å². The van der Waals surface area contributed by atoms with Crippen LogP contribution in [0.1, 0.15) is 31.1 Å². The van der Waals surface area contributed by atoms with Crippen molar-refractivity contribution in [3.8, 4) is 0 Å². The van der Waals surface area contributed by atoms with E-state index in [4.69, 9.17) is 0 Å². The maximum Gasteiger partial charge on any atom is 0.123 e. The van der Waals surface area contributed by atoms with E-state index in [2.05, 4.69) is 15.3 Å². The Labute approximate surface area is 71.6 Å². The fraction of sp³-hybridized carbons (Fsp3) is 0.667. The average Bonchev–Trinajstić information content (AvgIpc) is 2.54. The van der Waals surface area contributed by atoms with Gasteiger partial charge >= 0.3 is 0 Å². The maximum atomic E-state index is 4.27. The highest BCUT2D eigenvalue weighted by Crippen LogP contribution is 2.54. The van der Waals surface area contributed by atoms with E-state index in [1.54, 1.807) is 0 Å². The van der Waals surface area contributed by atoms with E-state index in [1.165, 1.54) is 25.8 Å². The van der Waals surface area contributed by atoms with E-state index in [9.17, 15) is 0 Å². The Kier molecular flexibility index (Phi) is 1.17. The minimum Gasteiger partial charge on any atom is -0.347 e. The van der Waals surface area contributed by atoms with Crippen molar-refractivity contribution in [2.45, 2.75) is 25.3 Å². The maximum absolute atomic E-state index is 4.27. The smallest absolute Gasteiger partial charge is 0.123 e. The largest absolute Gasteiger partial charge is 0.347 e. The molecule has 0 amide bonds. The Morgan fingerprint density at radius 1 is 1.50 bits per heavy atom. The number of rotatable bonds is 1. The third kappa shape index (κ3) is 0.894. The number of H-pyrrole nitrogens is 1. The van der Waals surface area contributed by atoms with E-state index in [-0.39, 0.29) is 0 Å². The lowest BCUT2D eigenvalue weighted by atomic mass is 10.0. The van der Waals surface area contributed by atoms with Crippen molar-refractivity contribution >= 4 is 0 Å². The van der Waals surface area contributed by atoms with Crippen LogP contribution in [0.3, 0.4) is 0 Å². The highest BCUT2D eigenvalue weighted by molar-refractivity contribution is 5.09. The standard InChI is InChI=1S/C9H13N3/c1-2-9(1)5-7(12-6-9)8-10-3-4-11-8/h3-4,7,12H,1-2,5-6H2,(H,10,11). The molecule has 3 heteroatoms. The molecule has 1 saturated heterocycles. The Morgan fingerprint density at radius 3 is 3.00 bits per heavy atom. The van der Waals surface area contributed by atoms with Crippen LogP contribution in [0, 0.1) is 5.41 Å². The monoisotopic (exact) mass is 163 g/mol. The molecule has 1 saturated carbocycles. The highest BCUT2D eigenvalue weighted by Gasteiger charge is 2.48. The van der Waals surface area contributed by atoms with Gasteiger partial charge in [0.15, 0.2) is 0 Å². The van der Waals surface area contributed by atoms with Gasteiger partial charge < -0.3 is 10.3 Å². The summed E-state index contributed by atoms with van der Waals surface area (Å²) < 4.78 is 0. The third-order valence-electron chi connectivity index (χ3n) is 3.17. The molecule has 3 rings (SSSR count). The minimum absolute atomic E-state index is 0.488. The average molecular weight is 163 g/mol. The normalized spacial score (nSPS) is 31.2. The Hall–Kier alpha value is -0.830. The quantitative estimate of drug-likeness (QED) is 0.653. The molecule has 2 heterocycles. The zero-order valence-corrected chi connectivity index (χ0v) is 7.01. The number of nitrogens with zero attached hydrogens (tertiary/aromatic N) is 1. The first kappa shape index (κ1) is 6.66. The summed E-state index contributed by atoms with van der Waals surface area (Å²) in [6, 6.07) is 0.488. The van der Waals surface area contributed by atoms with Gasteiger partial charge in [-0.2, -0.15) is 0 Å². The van der Waals surface area contributed by atoms with Crippen molar-refractivity contribution in [1.29, 1.82) is 0 Å². The molecule has 1 aliphatic heterocycles. The van der Waals surface area contributed by atoms with Gasteiger partial charge in [-0.15, -0.1) is 0 Å². The summed E-state index contributed by atoms with van der Waals surface area (Å²) in [5.74, 6) is 1.11. The molecule has 0 radical (unpaired) electrons. The first-order valence-electron chi connectivity index (χ1n) is 4.61. The topological polar surface area (TPSA) is 40.7 Å². The highest BCUT2D eigenvalue weighted by atomic mass is 15.1. The molecule has 64 valence electrons. The van der Waals surface area contributed by atoms with Crippen molar-refractivity contribution in [3.05, 3.63) is 18.2 Å². The molecule has 1 atom stereocenters. The SMILES string of the molecule is c1c[nH]c(C2CC3(CC3)CN2)n1. The van der Waals surface area contributed by atoms with E-state index in [0.717, 1.165) is 5.82 Å². The second-order valence-corrected chi connectivity index (χ2v) is 4.11. The van der Waals surface area contributed by atoms with Gasteiger partial charge in [0.2, 0.25) is 0 Å². The lowest BCUT2D eigenvalue weighted by Gasteiger charge is -2.05. The predicted molar refractivity (Wildman–Crippen MR) is 45.6 cm³/mol. The number of aromatic nitrogens is 2. The number of aromatic amines is 1. The van der Waals surface area contributed by atoms with Crippen LogP contribution in [0.25, 0.3) is 0 Å². The molecule has 1 aliphatic carbocycles. The number of nitrogens with one attached hydrogen (secondary N) is 2. The summed E-state index contributed by atoms with van der Waals surface area (Å²) in [7, 11) is 0. The molecule has 0 bridgehead atoms. The second-order valence-electron chi connectivity index (χ2n) is 4.11. The predicted octanol–water partition coefficient (Wildman–Crippen LogP) is 1.22. The van der Waals surface area contributed by atoms with E-state index in [1.807, 2.05) is 12.4 Å². The van der Waals surface area contributed by atoms with Gasteiger partial charge in [-0.1, -0.05) is 0 Å². The first-order valence-corrected chi connectivity index (χ1v) is 4.61. The second kappa shape index (κ2) is 2.10. The summed E-state index contributed by atoms with van der Waals surface area (Å²) in [4.78, 5) is 7.44. The molecule has 1 aromatic heterocycles. The van der Waals surface area contributed by atoms with Gasteiger partial charge in [0, 0.05) is 18.9 Å². The first-order chi connectivity index (χ1) is 5.88. The van der Waals surface area contributed by atoms with E-state index < -0.39 is 0 Å². The molecular weight excluding hydrogens is 150 g/mol. The third-order valence-corrected chi connectivity index (χ3v) is 3.17. The molecule has 1 spiro atoms. The number of hydrogen-bond donors (Lipinski definition) is 2. The lowest BCUT2D eigenvalue weighted by molar-refractivity contribution is 0.543. The number of hydrogen-bond acceptors (Lipinski definition) is 2. The van der Waals surface area contributed by atoms with Gasteiger partial charge in [-0.3, -0.25) is 0 Å². The molecule has 3 nitrogen and oxygen atoms in total. The molecule has 1 unspecified atom stereocenters. The number of imidazole rings is 1. The van der Waals surface area contributed by atoms with Gasteiger partial charge in [0.25, 0.3) is 0 Å². The molecule has 12 heavy (non-hydrogen) atoms. The molecule has 0 aromatic carbocycles. The molecule has 1 aromatic rings. The van der Waals surface area contributed by atoms with Crippen molar-refractivity contribution in [2.75, 3.05) is 6.54 Å². The fourth-order valence-corrected chi connectivity index (χ4v) is 2.14. The molecule has 2 fully saturated rings.